The van der Waals surface area contributed by atoms with Gasteiger partial charge in [0.1, 0.15) is 11.5 Å². The molecule has 0 spiro atoms. The number of ether oxygens (including phenoxy) is 1. The van der Waals surface area contributed by atoms with Crippen LogP contribution in [0.5, 0.6) is 11.5 Å². The zero-order chi connectivity index (χ0) is 21.3. The number of benzene rings is 2. The largest absolute Gasteiger partial charge is 0.457 e. The third-order valence-corrected chi connectivity index (χ3v) is 5.73. The van der Waals surface area contributed by atoms with E-state index in [-0.39, 0.29) is 18.2 Å². The maximum absolute atomic E-state index is 12.7. The van der Waals surface area contributed by atoms with Gasteiger partial charge < -0.3 is 9.72 Å². The minimum Gasteiger partial charge on any atom is -0.457 e. The summed E-state index contributed by atoms with van der Waals surface area (Å²) in [5, 5.41) is 0. The molecule has 1 aliphatic carbocycles. The summed E-state index contributed by atoms with van der Waals surface area (Å²) < 4.78 is 28.8. The Bertz CT molecular complexity index is 1110. The number of hydrogen-bond acceptors (Lipinski definition) is 3. The number of ketones is 1. The van der Waals surface area contributed by atoms with E-state index in [1.165, 1.54) is 0 Å². The van der Waals surface area contributed by atoms with Crippen molar-refractivity contribution in [2.75, 3.05) is 0 Å². The van der Waals surface area contributed by atoms with Crippen molar-refractivity contribution in [3.63, 3.8) is 0 Å². The fourth-order valence-electron chi connectivity index (χ4n) is 4.06. The van der Waals surface area contributed by atoms with E-state index in [2.05, 4.69) is 16.6 Å². The number of hydrogen-bond donors (Lipinski definition) is 3. The van der Waals surface area contributed by atoms with E-state index in [9.17, 15) is 9.00 Å². The molecule has 0 radical (unpaired) electrons. The molecule has 0 saturated heterocycles. The van der Waals surface area contributed by atoms with Gasteiger partial charge >= 0.3 is 0 Å². The third kappa shape index (κ3) is 4.23. The summed E-state index contributed by atoms with van der Waals surface area (Å²) in [5.41, 5.74) is 5.21. The van der Waals surface area contributed by atoms with E-state index in [4.69, 9.17) is 9.29 Å². The normalized spacial score (nSPS) is 16.9. The van der Waals surface area contributed by atoms with Gasteiger partial charge in [0, 0.05) is 29.8 Å². The molecule has 2 atom stereocenters. The zero-order valence-electron chi connectivity index (χ0n) is 16.9. The Hall–Kier alpha value is -2.74. The van der Waals surface area contributed by atoms with Crippen molar-refractivity contribution in [3.05, 3.63) is 70.9 Å². The van der Waals surface area contributed by atoms with Crippen molar-refractivity contribution in [3.8, 4) is 22.8 Å². The van der Waals surface area contributed by atoms with Crippen LogP contribution >= 0.6 is 0 Å². The maximum Gasteiger partial charge on any atom is 0.232 e. The Morgan fingerprint density at radius 3 is 2.70 bits per heavy atom. The lowest BCUT2D eigenvalue weighted by Crippen LogP contribution is -2.17. The van der Waals surface area contributed by atoms with Crippen LogP contribution in [-0.4, -0.2) is 19.5 Å². The second-order valence-corrected chi connectivity index (χ2v) is 8.52. The average molecular weight is 425 g/mol. The third-order valence-electron chi connectivity index (χ3n) is 5.34. The predicted octanol–water partition coefficient (Wildman–Crippen LogP) is 4.77. The standard InChI is InChI=1S/C23H24N2O4S/c1-14-10-19-22(20(26)11-14)15(2)25-23(19)18-12-16(13-24-30(27)28)8-9-21(18)29-17-6-4-3-5-7-17/h3-9,12,14,24-25H,10-11,13H2,1-2H3,(H,27,28). The summed E-state index contributed by atoms with van der Waals surface area (Å²) in [4.78, 5) is 16.1. The van der Waals surface area contributed by atoms with Gasteiger partial charge in [-0.05, 0) is 54.7 Å². The highest BCUT2D eigenvalue weighted by Gasteiger charge is 2.29. The zero-order valence-corrected chi connectivity index (χ0v) is 17.7. The number of aryl methyl sites for hydroxylation is 1. The van der Waals surface area contributed by atoms with E-state index in [0.29, 0.717) is 17.9 Å². The highest BCUT2D eigenvalue weighted by atomic mass is 32.2. The molecule has 0 aliphatic heterocycles. The number of carbonyl (C=O) groups is 1. The molecule has 1 aliphatic rings. The van der Waals surface area contributed by atoms with Gasteiger partial charge in [-0.25, -0.2) is 8.93 Å². The Morgan fingerprint density at radius 1 is 1.20 bits per heavy atom. The molecular weight excluding hydrogens is 400 g/mol. The molecule has 156 valence electrons. The summed E-state index contributed by atoms with van der Waals surface area (Å²) in [6.07, 6.45) is 1.37. The number of aromatic amines is 1. The van der Waals surface area contributed by atoms with Crippen molar-refractivity contribution in [1.29, 1.82) is 0 Å². The summed E-state index contributed by atoms with van der Waals surface area (Å²) in [6.45, 7) is 4.25. The number of H-pyrrole nitrogens is 1. The van der Waals surface area contributed by atoms with Gasteiger partial charge in [0.2, 0.25) is 11.3 Å². The molecule has 6 nitrogen and oxygen atoms in total. The molecule has 0 bridgehead atoms. The molecule has 1 aromatic heterocycles. The van der Waals surface area contributed by atoms with Gasteiger partial charge in [0.05, 0.1) is 5.69 Å². The predicted molar refractivity (Wildman–Crippen MR) is 117 cm³/mol. The molecule has 0 amide bonds. The fraction of sp³-hybridized carbons (Fsp3) is 0.261. The van der Waals surface area contributed by atoms with E-state index < -0.39 is 11.3 Å². The van der Waals surface area contributed by atoms with Crippen molar-refractivity contribution in [2.24, 2.45) is 5.92 Å². The molecular formula is C23H24N2O4S. The first kappa shape index (κ1) is 20.5. The van der Waals surface area contributed by atoms with Crippen LogP contribution in [0.1, 0.15) is 40.5 Å². The van der Waals surface area contributed by atoms with E-state index in [1.54, 1.807) is 0 Å². The Morgan fingerprint density at radius 2 is 1.97 bits per heavy atom. The first-order chi connectivity index (χ1) is 14.4. The van der Waals surface area contributed by atoms with Crippen molar-refractivity contribution >= 4 is 17.0 Å². The number of aromatic nitrogens is 1. The monoisotopic (exact) mass is 424 g/mol. The van der Waals surface area contributed by atoms with Crippen molar-refractivity contribution < 1.29 is 18.3 Å². The molecule has 3 N–H and O–H groups in total. The highest BCUT2D eigenvalue weighted by molar-refractivity contribution is 7.77. The minimum absolute atomic E-state index is 0.169. The van der Waals surface area contributed by atoms with Crippen LogP contribution < -0.4 is 9.46 Å². The molecule has 0 fully saturated rings. The number of fused-ring (bicyclic) bond motifs is 1. The van der Waals surface area contributed by atoms with Crippen LogP contribution in [0, 0.1) is 12.8 Å². The lowest BCUT2D eigenvalue weighted by molar-refractivity contribution is 0.0953. The number of rotatable bonds is 6. The molecule has 0 saturated carbocycles. The summed E-state index contributed by atoms with van der Waals surface area (Å²) in [5.74, 6) is 1.81. The second kappa shape index (κ2) is 8.55. The summed E-state index contributed by atoms with van der Waals surface area (Å²) in [7, 11) is 0. The number of nitrogens with one attached hydrogen (secondary N) is 2. The quantitative estimate of drug-likeness (QED) is 0.497. The number of para-hydroxylation sites is 1. The number of Topliss-reactive ketones (excluding diaryl/α,β-unsaturated/α-hetero) is 1. The van der Waals surface area contributed by atoms with Crippen LogP contribution in [0.15, 0.2) is 48.5 Å². The van der Waals surface area contributed by atoms with Gasteiger partial charge in [-0.3, -0.25) is 9.35 Å². The second-order valence-electron chi connectivity index (χ2n) is 7.73. The molecule has 7 heteroatoms. The fourth-order valence-corrected chi connectivity index (χ4v) is 4.35. The van der Waals surface area contributed by atoms with E-state index >= 15 is 0 Å². The van der Waals surface area contributed by atoms with Gasteiger partial charge in [0.15, 0.2) is 5.78 Å². The molecule has 2 aromatic carbocycles. The Labute approximate surface area is 178 Å². The van der Waals surface area contributed by atoms with Gasteiger partial charge in [0.25, 0.3) is 0 Å². The van der Waals surface area contributed by atoms with Crippen LogP contribution in [0.2, 0.25) is 0 Å². The Balaban J connectivity index is 1.82. The summed E-state index contributed by atoms with van der Waals surface area (Å²) >= 11 is -2.10. The first-order valence-corrected chi connectivity index (χ1v) is 11.0. The number of carbonyl (C=O) groups excluding carboxylic acids is 1. The van der Waals surface area contributed by atoms with Crippen molar-refractivity contribution in [2.45, 2.75) is 33.2 Å². The minimum atomic E-state index is -2.10. The van der Waals surface area contributed by atoms with E-state index in [1.807, 2.05) is 55.5 Å². The molecule has 1 heterocycles. The van der Waals surface area contributed by atoms with Crippen LogP contribution in [0.3, 0.4) is 0 Å². The lowest BCUT2D eigenvalue weighted by atomic mass is 9.83. The lowest BCUT2D eigenvalue weighted by Gasteiger charge is -2.20. The first-order valence-electron chi connectivity index (χ1n) is 9.87. The smallest absolute Gasteiger partial charge is 0.232 e. The average Bonchev–Trinajstić information content (AvgIpc) is 3.04. The molecule has 30 heavy (non-hydrogen) atoms. The van der Waals surface area contributed by atoms with Crippen molar-refractivity contribution in [1.82, 2.24) is 9.71 Å². The Kier molecular flexibility index (Phi) is 5.85. The van der Waals surface area contributed by atoms with Gasteiger partial charge in [-0.2, -0.15) is 0 Å². The van der Waals surface area contributed by atoms with Gasteiger partial charge in [-0.15, -0.1) is 0 Å². The highest BCUT2D eigenvalue weighted by Crippen LogP contribution is 2.40. The molecule has 3 aromatic rings. The summed E-state index contributed by atoms with van der Waals surface area (Å²) in [6, 6.07) is 15.2. The SMILES string of the molecule is Cc1[nH]c(-c2cc(CNS(=O)O)ccc2Oc2ccccc2)c2c1C(=O)CC(C)C2. The van der Waals surface area contributed by atoms with Crippen LogP contribution in [0.25, 0.3) is 11.3 Å². The van der Waals surface area contributed by atoms with Crippen LogP contribution in [-0.2, 0) is 24.2 Å². The topological polar surface area (TPSA) is 91.4 Å². The maximum atomic E-state index is 12.7. The van der Waals surface area contributed by atoms with Crippen LogP contribution in [0.4, 0.5) is 0 Å². The van der Waals surface area contributed by atoms with E-state index in [0.717, 1.165) is 40.1 Å². The van der Waals surface area contributed by atoms with Gasteiger partial charge in [-0.1, -0.05) is 31.2 Å². The molecule has 4 rings (SSSR count). The molecule has 2 unspecified atom stereocenters.